The van der Waals surface area contributed by atoms with Crippen molar-refractivity contribution in [1.29, 1.82) is 0 Å². The lowest BCUT2D eigenvalue weighted by Crippen LogP contribution is -2.34. The fraction of sp³-hybridized carbons (Fsp3) is 0.867. The second-order valence-corrected chi connectivity index (χ2v) is 7.05. The normalized spacial score (nSPS) is 26.4. The van der Waals surface area contributed by atoms with Crippen LogP contribution in [0.25, 0.3) is 0 Å². The van der Waals surface area contributed by atoms with Crippen LogP contribution < -0.4 is 5.32 Å². The van der Waals surface area contributed by atoms with Gasteiger partial charge in [-0.1, -0.05) is 32.9 Å². The predicted octanol–water partition coefficient (Wildman–Crippen LogP) is 3.60. The largest absolute Gasteiger partial charge is 0.338 e. The van der Waals surface area contributed by atoms with E-state index in [4.69, 9.17) is 4.52 Å². The molecule has 1 atom stereocenters. The van der Waals surface area contributed by atoms with Gasteiger partial charge in [-0.05, 0) is 38.5 Å². The number of hydrogen-bond acceptors (Lipinski definition) is 4. The Balaban J connectivity index is 1.93. The molecule has 1 N–H and O–H groups in total. The van der Waals surface area contributed by atoms with E-state index in [9.17, 15) is 0 Å². The molecule has 108 valence electrons. The molecule has 4 heteroatoms. The first kappa shape index (κ1) is 14.5. The molecule has 0 spiro atoms. The number of hydrogen-bond donors (Lipinski definition) is 1. The Hall–Kier alpha value is -0.900. The second kappa shape index (κ2) is 5.61. The highest BCUT2D eigenvalue weighted by atomic mass is 16.5. The molecule has 0 saturated heterocycles. The van der Waals surface area contributed by atoms with E-state index in [-0.39, 0.29) is 11.5 Å². The van der Waals surface area contributed by atoms with Crippen LogP contribution in [0.15, 0.2) is 4.52 Å². The highest BCUT2D eigenvalue weighted by molar-refractivity contribution is 5.02. The minimum Gasteiger partial charge on any atom is -0.338 e. The molecule has 0 aromatic carbocycles. The van der Waals surface area contributed by atoms with Crippen LogP contribution in [0.1, 0.15) is 78.1 Å². The molecule has 0 bridgehead atoms. The molecular formula is C15H27N3O. The number of nitrogens with one attached hydrogen (secondary N) is 1. The summed E-state index contributed by atoms with van der Waals surface area (Å²) >= 11 is 0. The van der Waals surface area contributed by atoms with E-state index in [1.165, 1.54) is 25.7 Å². The Kier molecular flexibility index (Phi) is 4.29. The number of aromatic nitrogens is 2. The van der Waals surface area contributed by atoms with Gasteiger partial charge < -0.3 is 9.84 Å². The van der Waals surface area contributed by atoms with Gasteiger partial charge in [0.15, 0.2) is 5.82 Å². The third-order valence-corrected chi connectivity index (χ3v) is 3.98. The lowest BCUT2D eigenvalue weighted by atomic mass is 9.87. The lowest BCUT2D eigenvalue weighted by Gasteiger charge is -2.28. The Bertz CT molecular complexity index is 400. The van der Waals surface area contributed by atoms with Crippen molar-refractivity contribution in [3.63, 3.8) is 0 Å². The summed E-state index contributed by atoms with van der Waals surface area (Å²) in [5, 5.41) is 7.71. The third kappa shape index (κ3) is 3.78. The molecule has 1 aliphatic rings. The van der Waals surface area contributed by atoms with E-state index in [1.54, 1.807) is 0 Å². The summed E-state index contributed by atoms with van der Waals surface area (Å²) in [5.41, 5.74) is -0.0538. The standard InChI is InChI=1S/C15H27N3O/c1-10-6-8-12(9-7-10)16-11(2)13-17-14(18-19-13)15(3,4)5/h10-12,16H,6-9H2,1-5H3. The molecule has 0 aliphatic heterocycles. The van der Waals surface area contributed by atoms with E-state index in [0.29, 0.717) is 11.9 Å². The van der Waals surface area contributed by atoms with E-state index >= 15 is 0 Å². The third-order valence-electron chi connectivity index (χ3n) is 3.98. The van der Waals surface area contributed by atoms with Crippen molar-refractivity contribution in [2.75, 3.05) is 0 Å². The van der Waals surface area contributed by atoms with Crippen LogP contribution in [0.3, 0.4) is 0 Å². The van der Waals surface area contributed by atoms with Crippen LogP contribution >= 0.6 is 0 Å². The van der Waals surface area contributed by atoms with Crippen molar-refractivity contribution in [2.45, 2.75) is 77.8 Å². The van der Waals surface area contributed by atoms with E-state index in [0.717, 1.165) is 11.7 Å². The molecule has 0 radical (unpaired) electrons. The van der Waals surface area contributed by atoms with Gasteiger partial charge in [-0.3, -0.25) is 0 Å². The highest BCUT2D eigenvalue weighted by Crippen LogP contribution is 2.26. The van der Waals surface area contributed by atoms with Crippen molar-refractivity contribution in [3.05, 3.63) is 11.7 Å². The SMILES string of the molecule is CC1CCC(NC(C)c2nc(C(C)(C)C)no2)CC1. The molecule has 1 aliphatic carbocycles. The van der Waals surface area contributed by atoms with Crippen molar-refractivity contribution in [1.82, 2.24) is 15.5 Å². The maximum atomic E-state index is 5.39. The van der Waals surface area contributed by atoms with Crippen LogP contribution in [0.2, 0.25) is 0 Å². The zero-order valence-electron chi connectivity index (χ0n) is 12.9. The summed E-state index contributed by atoms with van der Waals surface area (Å²) < 4.78 is 5.39. The lowest BCUT2D eigenvalue weighted by molar-refractivity contribution is 0.265. The molecule has 1 saturated carbocycles. The smallest absolute Gasteiger partial charge is 0.243 e. The quantitative estimate of drug-likeness (QED) is 0.907. The van der Waals surface area contributed by atoms with Gasteiger partial charge in [-0.25, -0.2) is 0 Å². The van der Waals surface area contributed by atoms with Gasteiger partial charge in [0.05, 0.1) is 6.04 Å². The molecule has 1 aromatic heterocycles. The van der Waals surface area contributed by atoms with E-state index < -0.39 is 0 Å². The van der Waals surface area contributed by atoms with Crippen LogP contribution in [-0.4, -0.2) is 16.2 Å². The van der Waals surface area contributed by atoms with Crippen LogP contribution in [0, 0.1) is 5.92 Å². The van der Waals surface area contributed by atoms with Crippen LogP contribution in [-0.2, 0) is 5.41 Å². The number of nitrogens with zero attached hydrogens (tertiary/aromatic N) is 2. The van der Waals surface area contributed by atoms with Crippen molar-refractivity contribution < 1.29 is 4.52 Å². The van der Waals surface area contributed by atoms with Gasteiger partial charge >= 0.3 is 0 Å². The van der Waals surface area contributed by atoms with Crippen molar-refractivity contribution >= 4 is 0 Å². The average Bonchev–Trinajstić information content (AvgIpc) is 2.81. The zero-order chi connectivity index (χ0) is 14.0. The first-order valence-electron chi connectivity index (χ1n) is 7.46. The summed E-state index contributed by atoms with van der Waals surface area (Å²) in [6, 6.07) is 0.734. The summed E-state index contributed by atoms with van der Waals surface area (Å²) in [5.74, 6) is 2.38. The highest BCUT2D eigenvalue weighted by Gasteiger charge is 2.25. The Labute approximate surface area is 116 Å². The first-order chi connectivity index (χ1) is 8.86. The molecule has 19 heavy (non-hydrogen) atoms. The molecule has 1 aromatic rings. The van der Waals surface area contributed by atoms with Crippen LogP contribution in [0.5, 0.6) is 0 Å². The van der Waals surface area contributed by atoms with Gasteiger partial charge in [0.2, 0.25) is 5.89 Å². The summed E-state index contributed by atoms with van der Waals surface area (Å²) in [6.45, 7) is 10.7. The van der Waals surface area contributed by atoms with Gasteiger partial charge in [0.1, 0.15) is 0 Å². The number of rotatable bonds is 3. The maximum Gasteiger partial charge on any atom is 0.243 e. The van der Waals surface area contributed by atoms with Crippen molar-refractivity contribution in [2.24, 2.45) is 5.92 Å². The van der Waals surface area contributed by atoms with E-state index in [1.807, 2.05) is 0 Å². The minimum absolute atomic E-state index is 0.0538. The predicted molar refractivity (Wildman–Crippen MR) is 76.0 cm³/mol. The fourth-order valence-corrected chi connectivity index (χ4v) is 2.57. The Morgan fingerprint density at radius 3 is 2.37 bits per heavy atom. The Morgan fingerprint density at radius 1 is 1.21 bits per heavy atom. The minimum atomic E-state index is -0.0538. The van der Waals surface area contributed by atoms with Gasteiger partial charge in [-0.15, -0.1) is 0 Å². The van der Waals surface area contributed by atoms with Gasteiger partial charge in [0.25, 0.3) is 0 Å². The Morgan fingerprint density at radius 2 is 1.84 bits per heavy atom. The summed E-state index contributed by atoms with van der Waals surface area (Å²) in [4.78, 5) is 4.52. The summed E-state index contributed by atoms with van der Waals surface area (Å²) in [7, 11) is 0. The van der Waals surface area contributed by atoms with Gasteiger partial charge in [-0.2, -0.15) is 4.98 Å². The second-order valence-electron chi connectivity index (χ2n) is 7.05. The zero-order valence-corrected chi connectivity index (χ0v) is 12.9. The molecule has 1 heterocycles. The van der Waals surface area contributed by atoms with Crippen molar-refractivity contribution in [3.8, 4) is 0 Å². The van der Waals surface area contributed by atoms with Gasteiger partial charge in [0, 0.05) is 11.5 Å². The maximum absolute atomic E-state index is 5.39. The topological polar surface area (TPSA) is 51.0 Å². The van der Waals surface area contributed by atoms with Crippen LogP contribution in [0.4, 0.5) is 0 Å². The molecular weight excluding hydrogens is 238 g/mol. The summed E-state index contributed by atoms with van der Waals surface area (Å²) in [6.07, 6.45) is 5.15. The molecule has 4 nitrogen and oxygen atoms in total. The molecule has 2 rings (SSSR count). The molecule has 1 unspecified atom stereocenters. The molecule has 1 fully saturated rings. The monoisotopic (exact) mass is 265 g/mol. The fourth-order valence-electron chi connectivity index (χ4n) is 2.57. The molecule has 0 amide bonds. The van der Waals surface area contributed by atoms with E-state index in [2.05, 4.69) is 50.1 Å². The first-order valence-corrected chi connectivity index (χ1v) is 7.46. The average molecular weight is 265 g/mol.